The fourth-order valence-electron chi connectivity index (χ4n) is 3.78. The summed E-state index contributed by atoms with van der Waals surface area (Å²) in [6, 6.07) is 16.6. The molecule has 0 aliphatic heterocycles. The fraction of sp³-hybridized carbons (Fsp3) is 0.154. The van der Waals surface area contributed by atoms with E-state index in [-0.39, 0.29) is 11.6 Å². The van der Waals surface area contributed by atoms with Gasteiger partial charge in [0, 0.05) is 44.5 Å². The smallest absolute Gasteiger partial charge is 0.270 e. The minimum atomic E-state index is -0.275. The number of nitrogens with zero attached hydrogens (tertiary/aromatic N) is 4. The molecule has 10 heteroatoms. The zero-order valence-electron chi connectivity index (χ0n) is 19.9. The van der Waals surface area contributed by atoms with E-state index in [0.29, 0.717) is 30.4 Å². The van der Waals surface area contributed by atoms with E-state index in [1.54, 1.807) is 38.0 Å². The largest absolute Gasteiger partial charge is 0.495 e. The van der Waals surface area contributed by atoms with Gasteiger partial charge in [-0.1, -0.05) is 12.1 Å². The lowest BCUT2D eigenvalue weighted by atomic mass is 10.3. The number of para-hydroxylation sites is 2. The summed E-state index contributed by atoms with van der Waals surface area (Å²) in [5, 5.41) is 6.17. The molecule has 3 aromatic heterocycles. The summed E-state index contributed by atoms with van der Waals surface area (Å²) < 4.78 is 13.4. The first-order valence-electron chi connectivity index (χ1n) is 11.4. The number of benzene rings is 2. The summed E-state index contributed by atoms with van der Waals surface area (Å²) in [6.07, 6.45) is 5.59. The number of hydrogen-bond donors (Lipinski definition) is 3. The van der Waals surface area contributed by atoms with Crippen LogP contribution < -0.4 is 20.1 Å². The number of carbonyl (C=O) groups excluding carboxylic acids is 1. The number of amides is 1. The highest BCUT2D eigenvalue weighted by molar-refractivity contribution is 5.92. The predicted octanol–water partition coefficient (Wildman–Crippen LogP) is 4.21. The van der Waals surface area contributed by atoms with Crippen molar-refractivity contribution in [3.8, 4) is 17.2 Å². The second-order valence-electron chi connectivity index (χ2n) is 8.02. The molecular formula is C26H25N7O3. The van der Waals surface area contributed by atoms with Gasteiger partial charge in [-0.2, -0.15) is 0 Å². The Bertz CT molecular complexity index is 1500. The number of pyridine rings is 1. The van der Waals surface area contributed by atoms with Crippen molar-refractivity contribution < 1.29 is 14.3 Å². The molecule has 0 spiro atoms. The van der Waals surface area contributed by atoms with Crippen LogP contribution in [0.5, 0.6) is 17.2 Å². The second-order valence-corrected chi connectivity index (χ2v) is 8.02. The normalized spacial score (nSPS) is 10.8. The molecule has 0 unspecified atom stereocenters. The molecule has 0 aliphatic rings. The number of fused-ring (bicyclic) bond motifs is 1. The van der Waals surface area contributed by atoms with Crippen LogP contribution in [0, 0.1) is 0 Å². The maximum Gasteiger partial charge on any atom is 0.270 e. The molecule has 1 amide bonds. The summed E-state index contributed by atoms with van der Waals surface area (Å²) in [4.78, 5) is 28.4. The molecule has 0 fully saturated rings. The van der Waals surface area contributed by atoms with E-state index in [4.69, 9.17) is 14.5 Å². The molecule has 5 aromatic rings. The number of aryl methyl sites for hydroxylation is 1. The molecule has 0 bridgehead atoms. The van der Waals surface area contributed by atoms with Crippen LogP contribution in [0.4, 0.5) is 11.6 Å². The first-order chi connectivity index (χ1) is 17.6. The first kappa shape index (κ1) is 22.9. The number of hydrogen-bond acceptors (Lipinski definition) is 7. The topological polar surface area (TPSA) is 119 Å². The summed E-state index contributed by atoms with van der Waals surface area (Å²) in [7, 11) is 3.57. The number of rotatable bonds is 9. The number of aromatic nitrogens is 5. The van der Waals surface area contributed by atoms with Gasteiger partial charge in [-0.3, -0.25) is 9.78 Å². The van der Waals surface area contributed by atoms with E-state index in [1.165, 1.54) is 0 Å². The summed E-state index contributed by atoms with van der Waals surface area (Å²) in [6.45, 7) is 0.456. The highest BCUT2D eigenvalue weighted by Crippen LogP contribution is 2.30. The van der Waals surface area contributed by atoms with Crippen molar-refractivity contribution in [1.82, 2.24) is 29.8 Å². The summed E-state index contributed by atoms with van der Waals surface area (Å²) in [5.74, 6) is 2.23. The van der Waals surface area contributed by atoms with Crippen molar-refractivity contribution in [2.24, 2.45) is 7.05 Å². The maximum atomic E-state index is 12.5. The van der Waals surface area contributed by atoms with Gasteiger partial charge in [-0.05, 0) is 30.3 Å². The number of imidazole rings is 2. The van der Waals surface area contributed by atoms with E-state index < -0.39 is 0 Å². The van der Waals surface area contributed by atoms with Crippen LogP contribution in [0.1, 0.15) is 16.2 Å². The van der Waals surface area contributed by atoms with Gasteiger partial charge >= 0.3 is 0 Å². The molecule has 0 saturated carbocycles. The molecule has 3 N–H and O–H groups in total. The van der Waals surface area contributed by atoms with Crippen LogP contribution in [0.2, 0.25) is 0 Å². The summed E-state index contributed by atoms with van der Waals surface area (Å²) in [5.41, 5.74) is 3.68. The lowest BCUT2D eigenvalue weighted by molar-refractivity contribution is 0.0948. The zero-order chi connectivity index (χ0) is 24.9. The molecule has 36 heavy (non-hydrogen) atoms. The Labute approximate surface area is 207 Å². The average Bonchev–Trinajstić information content (AvgIpc) is 3.52. The number of aromatic amines is 1. The van der Waals surface area contributed by atoms with Gasteiger partial charge in [0.1, 0.15) is 22.9 Å². The Kier molecular flexibility index (Phi) is 6.48. The van der Waals surface area contributed by atoms with Crippen molar-refractivity contribution in [3.63, 3.8) is 0 Å². The van der Waals surface area contributed by atoms with Crippen LogP contribution in [-0.4, -0.2) is 44.1 Å². The van der Waals surface area contributed by atoms with Crippen molar-refractivity contribution in [2.45, 2.75) is 6.42 Å². The first-order valence-corrected chi connectivity index (χ1v) is 11.4. The van der Waals surface area contributed by atoms with Gasteiger partial charge < -0.3 is 29.7 Å². The van der Waals surface area contributed by atoms with Crippen LogP contribution in [-0.2, 0) is 13.5 Å². The Morgan fingerprint density at radius 3 is 2.78 bits per heavy atom. The molecule has 5 rings (SSSR count). The van der Waals surface area contributed by atoms with Crippen molar-refractivity contribution >= 4 is 28.6 Å². The molecule has 0 atom stereocenters. The number of anilines is 2. The van der Waals surface area contributed by atoms with E-state index in [2.05, 4.69) is 25.6 Å². The van der Waals surface area contributed by atoms with E-state index in [1.807, 2.05) is 54.1 Å². The number of methoxy groups -OCH3 is 1. The number of ether oxygens (including phenoxy) is 2. The molecule has 2 aromatic carbocycles. The number of H-pyrrole nitrogens is 1. The molecule has 0 aliphatic carbocycles. The lowest BCUT2D eigenvalue weighted by Crippen LogP contribution is -2.26. The molecular weight excluding hydrogens is 458 g/mol. The SMILES string of the molecule is COc1ccccc1Nc1nc2cc(Oc3ccnc(C(=O)NCCc4c[nH]cn4)c3)ccc2n1C. The second kappa shape index (κ2) is 10.2. The Balaban J connectivity index is 1.29. The van der Waals surface area contributed by atoms with Crippen molar-refractivity contribution in [3.05, 3.63) is 84.7 Å². The van der Waals surface area contributed by atoms with Crippen LogP contribution >= 0.6 is 0 Å². The fourth-order valence-corrected chi connectivity index (χ4v) is 3.78. The number of carbonyl (C=O) groups is 1. The highest BCUT2D eigenvalue weighted by Gasteiger charge is 2.13. The average molecular weight is 484 g/mol. The summed E-state index contributed by atoms with van der Waals surface area (Å²) >= 11 is 0. The van der Waals surface area contributed by atoms with Crippen LogP contribution in [0.15, 0.2) is 73.3 Å². The third kappa shape index (κ3) is 4.97. The van der Waals surface area contributed by atoms with Crippen molar-refractivity contribution in [1.29, 1.82) is 0 Å². The minimum Gasteiger partial charge on any atom is -0.495 e. The quantitative estimate of drug-likeness (QED) is 0.287. The van der Waals surface area contributed by atoms with Crippen LogP contribution in [0.3, 0.4) is 0 Å². The van der Waals surface area contributed by atoms with Gasteiger partial charge in [0.05, 0.1) is 35.9 Å². The Morgan fingerprint density at radius 1 is 1.08 bits per heavy atom. The molecule has 0 radical (unpaired) electrons. The number of nitrogens with one attached hydrogen (secondary N) is 3. The Morgan fingerprint density at radius 2 is 1.94 bits per heavy atom. The lowest BCUT2D eigenvalue weighted by Gasteiger charge is -2.10. The van der Waals surface area contributed by atoms with E-state index in [9.17, 15) is 4.79 Å². The van der Waals surface area contributed by atoms with E-state index >= 15 is 0 Å². The van der Waals surface area contributed by atoms with Gasteiger partial charge in [-0.25, -0.2) is 9.97 Å². The Hall–Kier alpha value is -4.86. The van der Waals surface area contributed by atoms with Gasteiger partial charge in [0.2, 0.25) is 5.95 Å². The third-order valence-electron chi connectivity index (χ3n) is 5.63. The molecule has 10 nitrogen and oxygen atoms in total. The minimum absolute atomic E-state index is 0.275. The van der Waals surface area contributed by atoms with Crippen LogP contribution in [0.25, 0.3) is 11.0 Å². The monoisotopic (exact) mass is 483 g/mol. The van der Waals surface area contributed by atoms with Gasteiger partial charge in [-0.15, -0.1) is 0 Å². The zero-order valence-corrected chi connectivity index (χ0v) is 19.9. The molecule has 0 saturated heterocycles. The predicted molar refractivity (Wildman–Crippen MR) is 136 cm³/mol. The van der Waals surface area contributed by atoms with Gasteiger partial charge in [0.25, 0.3) is 5.91 Å². The van der Waals surface area contributed by atoms with Crippen molar-refractivity contribution in [2.75, 3.05) is 19.0 Å². The molecule has 3 heterocycles. The highest BCUT2D eigenvalue weighted by atomic mass is 16.5. The third-order valence-corrected chi connectivity index (χ3v) is 5.63. The van der Waals surface area contributed by atoms with Gasteiger partial charge in [0.15, 0.2) is 0 Å². The standard InChI is InChI=1S/C26H25N7O3/c1-33-23-8-7-18(13-21(23)32-26(33)31-20-5-3-4-6-24(20)35-2)36-19-10-12-28-22(14-19)25(34)29-11-9-17-15-27-16-30-17/h3-8,10,12-16H,9,11H2,1-2H3,(H,27,30)(H,29,34)(H,31,32). The van der Waals surface area contributed by atoms with E-state index in [0.717, 1.165) is 28.2 Å². The maximum absolute atomic E-state index is 12.5. The molecule has 182 valence electrons.